The van der Waals surface area contributed by atoms with E-state index in [-0.39, 0.29) is 22.9 Å². The minimum atomic E-state index is -0.724. The molecule has 0 unspecified atom stereocenters. The molecule has 0 fully saturated rings. The van der Waals surface area contributed by atoms with Crippen LogP contribution >= 0.6 is 0 Å². The third kappa shape index (κ3) is 3.11. The van der Waals surface area contributed by atoms with Crippen LogP contribution in [0.1, 0.15) is 6.92 Å². The monoisotopic (exact) mass is 302 g/mol. The van der Waals surface area contributed by atoms with E-state index in [1.807, 2.05) is 0 Å². The first-order valence-electron chi connectivity index (χ1n) is 6.29. The number of amidine groups is 1. The molecule has 2 rings (SSSR count). The summed E-state index contributed by atoms with van der Waals surface area (Å²) in [5.74, 6) is -1.11. The van der Waals surface area contributed by atoms with Gasteiger partial charge >= 0.3 is 5.69 Å². The van der Waals surface area contributed by atoms with Crippen molar-refractivity contribution in [3.05, 3.63) is 52.0 Å². The molecule has 0 atom stereocenters. The van der Waals surface area contributed by atoms with Crippen LogP contribution in [0.15, 0.2) is 51.3 Å². The Morgan fingerprint density at radius 2 is 2.23 bits per heavy atom. The van der Waals surface area contributed by atoms with E-state index >= 15 is 0 Å². The standard InChI is InChI=1S/C14H15FN6O/c1-7(12(16)17)6-8(15)13(18-2)19-9-4-3-5-10-11(9)21-14(22)20-10/h3-6,19H,2H2,1H3,(H3,16,17)(H2,20,21,22)/b7-6+,13-8-. The van der Waals surface area contributed by atoms with Crippen LogP contribution in [-0.4, -0.2) is 22.5 Å². The number of nitrogens with zero attached hydrogens (tertiary/aromatic N) is 1. The van der Waals surface area contributed by atoms with Gasteiger partial charge in [0.2, 0.25) is 0 Å². The number of H-pyrrole nitrogens is 2. The van der Waals surface area contributed by atoms with Crippen LogP contribution in [0.4, 0.5) is 10.1 Å². The average Bonchev–Trinajstić information content (AvgIpc) is 2.85. The fourth-order valence-electron chi connectivity index (χ4n) is 1.80. The van der Waals surface area contributed by atoms with Gasteiger partial charge in [-0.2, -0.15) is 0 Å². The third-order valence-electron chi connectivity index (χ3n) is 2.96. The number of hydrogen-bond acceptors (Lipinski definition) is 4. The van der Waals surface area contributed by atoms with Crippen LogP contribution in [0.3, 0.4) is 0 Å². The number of allylic oxidation sites excluding steroid dienone is 2. The Bertz CT molecular complexity index is 858. The predicted molar refractivity (Wildman–Crippen MR) is 85.9 cm³/mol. The Morgan fingerprint density at radius 1 is 1.50 bits per heavy atom. The molecule has 22 heavy (non-hydrogen) atoms. The fourth-order valence-corrected chi connectivity index (χ4v) is 1.80. The molecular weight excluding hydrogens is 287 g/mol. The molecule has 8 heteroatoms. The summed E-state index contributed by atoms with van der Waals surface area (Å²) in [5.41, 5.74) is 6.70. The van der Waals surface area contributed by atoms with Gasteiger partial charge in [-0.1, -0.05) is 6.07 Å². The van der Waals surface area contributed by atoms with Gasteiger partial charge in [0.1, 0.15) is 5.84 Å². The van der Waals surface area contributed by atoms with Crippen molar-refractivity contribution in [2.24, 2.45) is 10.7 Å². The van der Waals surface area contributed by atoms with Gasteiger partial charge < -0.3 is 21.0 Å². The van der Waals surface area contributed by atoms with Gasteiger partial charge in [0.15, 0.2) is 11.6 Å². The van der Waals surface area contributed by atoms with Crippen molar-refractivity contribution in [2.45, 2.75) is 6.92 Å². The maximum atomic E-state index is 14.1. The molecule has 0 saturated carbocycles. The molecule has 114 valence electrons. The lowest BCUT2D eigenvalue weighted by atomic mass is 10.2. The minimum Gasteiger partial charge on any atom is -0.384 e. The number of aliphatic imine (C=N–C) groups is 1. The minimum absolute atomic E-state index is 0.143. The van der Waals surface area contributed by atoms with Crippen LogP contribution in [0.25, 0.3) is 11.0 Å². The lowest BCUT2D eigenvalue weighted by molar-refractivity contribution is 0.653. The van der Waals surface area contributed by atoms with Gasteiger partial charge in [0, 0.05) is 0 Å². The lowest BCUT2D eigenvalue weighted by Gasteiger charge is -2.08. The van der Waals surface area contributed by atoms with Gasteiger partial charge in [-0.3, -0.25) is 5.41 Å². The zero-order chi connectivity index (χ0) is 16.3. The second kappa shape index (κ2) is 6.08. The van der Waals surface area contributed by atoms with Crippen LogP contribution in [0.2, 0.25) is 0 Å². The zero-order valence-electron chi connectivity index (χ0n) is 11.8. The summed E-state index contributed by atoms with van der Waals surface area (Å²) in [5, 5.41) is 9.99. The second-order valence-corrected chi connectivity index (χ2v) is 4.53. The number of aromatic nitrogens is 2. The Balaban J connectivity index is 2.45. The molecule has 1 aromatic carbocycles. The number of rotatable bonds is 5. The molecule has 1 heterocycles. The van der Waals surface area contributed by atoms with Gasteiger partial charge in [-0.25, -0.2) is 14.2 Å². The quantitative estimate of drug-likeness (QED) is 0.329. The summed E-state index contributed by atoms with van der Waals surface area (Å²) in [6, 6.07) is 5.06. The molecular formula is C14H15FN6O. The smallest absolute Gasteiger partial charge is 0.323 e. The number of hydrogen-bond donors (Lipinski definition) is 5. The number of nitrogens with two attached hydrogens (primary N) is 1. The van der Waals surface area contributed by atoms with Gasteiger partial charge in [0.25, 0.3) is 0 Å². The molecule has 0 aliphatic carbocycles. The van der Waals surface area contributed by atoms with E-state index in [1.165, 1.54) is 6.92 Å². The van der Waals surface area contributed by atoms with Crippen molar-refractivity contribution < 1.29 is 4.39 Å². The summed E-state index contributed by atoms with van der Waals surface area (Å²) in [6.45, 7) is 4.82. The van der Waals surface area contributed by atoms with Crippen molar-refractivity contribution in [2.75, 3.05) is 5.32 Å². The molecule has 0 radical (unpaired) electrons. The van der Waals surface area contributed by atoms with E-state index in [4.69, 9.17) is 11.1 Å². The van der Waals surface area contributed by atoms with E-state index in [0.29, 0.717) is 16.7 Å². The molecule has 0 aliphatic heterocycles. The summed E-state index contributed by atoms with van der Waals surface area (Å²) >= 11 is 0. The molecule has 0 bridgehead atoms. The van der Waals surface area contributed by atoms with Crippen molar-refractivity contribution >= 4 is 29.3 Å². The first kappa shape index (κ1) is 15.2. The Morgan fingerprint density at radius 3 is 2.86 bits per heavy atom. The summed E-state index contributed by atoms with van der Waals surface area (Å²) in [4.78, 5) is 20.1. The number of para-hydroxylation sites is 1. The van der Waals surface area contributed by atoms with E-state index in [9.17, 15) is 9.18 Å². The number of imidazole rings is 1. The predicted octanol–water partition coefficient (Wildman–Crippen LogP) is 1.99. The Labute approximate surface area is 125 Å². The first-order chi connectivity index (χ1) is 10.4. The molecule has 7 nitrogen and oxygen atoms in total. The van der Waals surface area contributed by atoms with Crippen LogP contribution in [-0.2, 0) is 0 Å². The number of anilines is 1. The molecule has 0 amide bonds. The highest BCUT2D eigenvalue weighted by atomic mass is 19.1. The van der Waals surface area contributed by atoms with Crippen LogP contribution in [0, 0.1) is 5.41 Å². The summed E-state index contributed by atoms with van der Waals surface area (Å²) in [6.07, 6.45) is 1.08. The number of benzene rings is 1. The van der Waals surface area contributed by atoms with Crippen molar-refractivity contribution in [1.82, 2.24) is 9.97 Å². The van der Waals surface area contributed by atoms with E-state index in [0.717, 1.165) is 6.08 Å². The highest BCUT2D eigenvalue weighted by Gasteiger charge is 2.09. The third-order valence-corrected chi connectivity index (χ3v) is 2.96. The second-order valence-electron chi connectivity index (χ2n) is 4.53. The van der Waals surface area contributed by atoms with Crippen LogP contribution in [0.5, 0.6) is 0 Å². The number of fused-ring (bicyclic) bond motifs is 1. The fraction of sp³-hybridized carbons (Fsp3) is 0.0714. The lowest BCUT2D eigenvalue weighted by Crippen LogP contribution is -2.11. The molecule has 1 aromatic heterocycles. The largest absolute Gasteiger partial charge is 0.384 e. The summed E-state index contributed by atoms with van der Waals surface area (Å²) < 4.78 is 14.1. The molecule has 6 N–H and O–H groups in total. The SMILES string of the molecule is C=N/C(Nc1cccc2[nH]c(=O)[nH]c12)=C(F)\C=C(/C)C(=N)N. The average molecular weight is 302 g/mol. The Hall–Kier alpha value is -3.16. The maximum Gasteiger partial charge on any atom is 0.323 e. The number of halogens is 1. The van der Waals surface area contributed by atoms with E-state index in [2.05, 4.69) is 27.0 Å². The van der Waals surface area contributed by atoms with Crippen molar-refractivity contribution in [1.29, 1.82) is 5.41 Å². The van der Waals surface area contributed by atoms with E-state index < -0.39 is 5.83 Å². The molecule has 0 spiro atoms. The van der Waals surface area contributed by atoms with Crippen molar-refractivity contribution in [3.63, 3.8) is 0 Å². The maximum absolute atomic E-state index is 14.1. The van der Waals surface area contributed by atoms with E-state index in [1.54, 1.807) is 18.2 Å². The highest BCUT2D eigenvalue weighted by Crippen LogP contribution is 2.22. The zero-order valence-corrected chi connectivity index (χ0v) is 11.8. The van der Waals surface area contributed by atoms with Gasteiger partial charge in [-0.05, 0) is 37.4 Å². The first-order valence-corrected chi connectivity index (χ1v) is 6.29. The molecule has 0 aliphatic rings. The highest BCUT2D eigenvalue weighted by molar-refractivity contribution is 5.94. The number of aromatic amines is 2. The Kier molecular flexibility index (Phi) is 4.21. The van der Waals surface area contributed by atoms with Crippen molar-refractivity contribution in [3.8, 4) is 0 Å². The van der Waals surface area contributed by atoms with Gasteiger partial charge in [0.05, 0.1) is 16.7 Å². The van der Waals surface area contributed by atoms with Gasteiger partial charge in [-0.15, -0.1) is 0 Å². The molecule has 2 aromatic rings. The van der Waals surface area contributed by atoms with Crippen LogP contribution < -0.4 is 16.7 Å². The number of nitrogens with one attached hydrogen (secondary N) is 4. The molecule has 0 saturated heterocycles. The normalized spacial score (nSPS) is 12.9. The summed E-state index contributed by atoms with van der Waals surface area (Å²) in [7, 11) is 0. The topological polar surface area (TPSA) is 123 Å².